The van der Waals surface area contributed by atoms with Gasteiger partial charge >= 0.3 is 16.3 Å². The number of nitrogens with one attached hydrogen (secondary N) is 2. The summed E-state index contributed by atoms with van der Waals surface area (Å²) in [5, 5.41) is 28.7. The standard InChI is InChI=1S/C23H34N12O8S2/c1-12(29-21(25)27-8-4-7-24)13-9-28-34(32-13)10-15-17(19(37)35(15)45(40,41)42)31-18(36)16(14-11-44-22(26)30-14)33-43-23(20(38)39)5-2-3-6-23/h9,11-12,15,17H,2-8,10,24H2,1H3,(H2,26,30)(H,31,36)(H,38,39)(H3,25,27,29)(H,40,41,42)/b33-16-/t12?,15-,17+/m1/s1. The Balaban J connectivity index is 1.53. The molecule has 1 aliphatic heterocycles. The van der Waals surface area contributed by atoms with Crippen molar-refractivity contribution in [2.24, 2.45) is 21.6 Å². The number of amides is 2. The molecule has 2 aromatic heterocycles. The number of rotatable bonds is 14. The van der Waals surface area contributed by atoms with E-state index in [9.17, 15) is 32.5 Å². The maximum atomic E-state index is 13.4. The molecule has 2 aromatic rings. The summed E-state index contributed by atoms with van der Waals surface area (Å²) in [5.74, 6) is -3.28. The number of nitrogen functional groups attached to an aromatic ring is 1. The lowest BCUT2D eigenvalue weighted by Crippen LogP contribution is -2.73. The Bertz CT molecular complexity index is 1580. The Labute approximate surface area is 260 Å². The van der Waals surface area contributed by atoms with Crippen LogP contribution < -0.4 is 27.8 Å². The van der Waals surface area contributed by atoms with Gasteiger partial charge in [-0.25, -0.2) is 14.1 Å². The second kappa shape index (κ2) is 13.7. The van der Waals surface area contributed by atoms with E-state index < -0.39 is 57.5 Å². The van der Waals surface area contributed by atoms with E-state index in [0.717, 1.165) is 16.1 Å². The van der Waals surface area contributed by atoms with Gasteiger partial charge in [0.05, 0.1) is 18.8 Å². The van der Waals surface area contributed by atoms with Crippen molar-refractivity contribution in [2.75, 3.05) is 18.8 Å². The third-order valence-corrected chi connectivity index (χ3v) is 8.78. The fraction of sp³-hybridized carbons (Fsp3) is 0.565. The van der Waals surface area contributed by atoms with Crippen LogP contribution in [0, 0.1) is 0 Å². The molecule has 10 N–H and O–H groups in total. The van der Waals surface area contributed by atoms with E-state index in [-0.39, 0.29) is 40.5 Å². The Hall–Kier alpha value is -4.41. The van der Waals surface area contributed by atoms with Gasteiger partial charge < -0.3 is 37.8 Å². The van der Waals surface area contributed by atoms with Gasteiger partial charge in [-0.1, -0.05) is 5.16 Å². The number of hydrogen-bond acceptors (Lipinski definition) is 14. The highest BCUT2D eigenvalue weighted by Crippen LogP contribution is 2.34. The summed E-state index contributed by atoms with van der Waals surface area (Å²) in [7, 11) is -5.04. The van der Waals surface area contributed by atoms with E-state index in [1.165, 1.54) is 11.6 Å². The number of thiazole rings is 1. The maximum Gasteiger partial charge on any atom is 0.362 e. The molecule has 0 radical (unpaired) electrons. The van der Waals surface area contributed by atoms with Crippen molar-refractivity contribution in [3.05, 3.63) is 23.0 Å². The van der Waals surface area contributed by atoms with Crippen molar-refractivity contribution >= 4 is 56.2 Å². The first-order valence-electron chi connectivity index (χ1n) is 13.7. The van der Waals surface area contributed by atoms with Crippen molar-refractivity contribution in [1.29, 1.82) is 0 Å². The van der Waals surface area contributed by atoms with Crippen molar-refractivity contribution in [2.45, 2.75) is 69.3 Å². The minimum atomic E-state index is -5.04. The highest BCUT2D eigenvalue weighted by atomic mass is 32.2. The van der Waals surface area contributed by atoms with Crippen LogP contribution in [0.3, 0.4) is 0 Å². The number of aromatic nitrogens is 4. The van der Waals surface area contributed by atoms with E-state index in [1.54, 1.807) is 6.92 Å². The topological polar surface area (TPSA) is 309 Å². The summed E-state index contributed by atoms with van der Waals surface area (Å²) in [4.78, 5) is 52.8. The van der Waals surface area contributed by atoms with E-state index in [2.05, 4.69) is 36.0 Å². The quantitative estimate of drug-likeness (QED) is 0.0284. The number of nitrogens with zero attached hydrogens (tertiary/aromatic N) is 7. The fourth-order valence-electron chi connectivity index (χ4n) is 4.77. The summed E-state index contributed by atoms with van der Waals surface area (Å²) in [6, 6.07) is -3.31. The minimum absolute atomic E-state index is 0.0609. The van der Waals surface area contributed by atoms with Crippen LogP contribution in [0.25, 0.3) is 0 Å². The van der Waals surface area contributed by atoms with E-state index in [4.69, 9.17) is 22.0 Å². The zero-order valence-corrected chi connectivity index (χ0v) is 25.7. The molecule has 1 unspecified atom stereocenters. The third kappa shape index (κ3) is 7.64. The average molecular weight is 671 g/mol. The lowest BCUT2D eigenvalue weighted by atomic mass is 9.98. The molecule has 2 aliphatic rings. The van der Waals surface area contributed by atoms with E-state index in [1.807, 2.05) is 0 Å². The number of aliphatic imine (C=N–C) groups is 1. The van der Waals surface area contributed by atoms with Gasteiger partial charge in [0.25, 0.3) is 11.8 Å². The van der Waals surface area contributed by atoms with Crippen molar-refractivity contribution in [3.8, 4) is 0 Å². The Morgan fingerprint density at radius 3 is 2.64 bits per heavy atom. The van der Waals surface area contributed by atoms with Crippen LogP contribution >= 0.6 is 11.3 Å². The molecule has 2 fully saturated rings. The van der Waals surface area contributed by atoms with Gasteiger partial charge in [-0.2, -0.15) is 23.4 Å². The van der Waals surface area contributed by atoms with Gasteiger partial charge in [-0.05, 0) is 32.7 Å². The van der Waals surface area contributed by atoms with Gasteiger partial charge in [0.1, 0.15) is 23.5 Å². The number of aliphatic carboxylic acids is 1. The molecule has 4 rings (SSSR count). The van der Waals surface area contributed by atoms with Crippen molar-refractivity contribution in [3.63, 3.8) is 0 Å². The SMILES string of the molecule is CC(NC(N)=NCCCN)c1cnn(C[C@@H]2[C@H](NC(=O)/C(=N\OC3(C(=O)O)CCCC3)c3csc(N)n3)C(=O)N2S(=O)(=O)O)n1. The number of oxime groups is 1. The molecule has 1 saturated heterocycles. The molecule has 0 bridgehead atoms. The molecule has 1 aliphatic carbocycles. The van der Waals surface area contributed by atoms with Crippen molar-refractivity contribution in [1.82, 2.24) is 34.9 Å². The molecule has 1 saturated carbocycles. The summed E-state index contributed by atoms with van der Waals surface area (Å²) in [6.07, 6.45) is 3.50. The van der Waals surface area contributed by atoms with Crippen LogP contribution in [0.15, 0.2) is 21.7 Å². The highest BCUT2D eigenvalue weighted by Gasteiger charge is 2.55. The zero-order chi connectivity index (χ0) is 32.9. The Kier molecular flexibility index (Phi) is 10.2. The number of carbonyl (C=O) groups is 3. The molecule has 45 heavy (non-hydrogen) atoms. The number of carboxylic acid groups (broad SMARTS) is 1. The van der Waals surface area contributed by atoms with Crippen LogP contribution in [0.4, 0.5) is 5.13 Å². The Morgan fingerprint density at radius 2 is 2.04 bits per heavy atom. The number of carboxylic acids is 1. The summed E-state index contributed by atoms with van der Waals surface area (Å²) in [5.41, 5.74) is 15.2. The van der Waals surface area contributed by atoms with Crippen LogP contribution in [-0.2, 0) is 36.1 Å². The lowest BCUT2D eigenvalue weighted by Gasteiger charge is -2.43. The number of β-lactam (4-membered cyclic amide) rings is 1. The number of hydrogen-bond donors (Lipinski definition) is 7. The second-order valence-corrected chi connectivity index (χ2v) is 12.5. The maximum absolute atomic E-state index is 13.4. The average Bonchev–Trinajstić information content (AvgIpc) is 3.73. The first-order chi connectivity index (χ1) is 21.3. The van der Waals surface area contributed by atoms with Crippen LogP contribution in [0.2, 0.25) is 0 Å². The number of nitrogens with two attached hydrogens (primary N) is 3. The largest absolute Gasteiger partial charge is 0.478 e. The van der Waals surface area contributed by atoms with Gasteiger partial charge in [0, 0.05) is 24.8 Å². The summed E-state index contributed by atoms with van der Waals surface area (Å²) >= 11 is 0.973. The highest BCUT2D eigenvalue weighted by molar-refractivity contribution is 7.84. The van der Waals surface area contributed by atoms with Crippen molar-refractivity contribution < 1.29 is 37.3 Å². The van der Waals surface area contributed by atoms with Crippen LogP contribution in [0.5, 0.6) is 0 Å². The number of anilines is 1. The lowest BCUT2D eigenvalue weighted by molar-refractivity contribution is -0.165. The summed E-state index contributed by atoms with van der Waals surface area (Å²) in [6.45, 7) is 2.25. The Morgan fingerprint density at radius 1 is 1.33 bits per heavy atom. The molecule has 22 heteroatoms. The predicted molar refractivity (Wildman–Crippen MR) is 159 cm³/mol. The van der Waals surface area contributed by atoms with Crippen LogP contribution in [0.1, 0.15) is 56.5 Å². The van der Waals surface area contributed by atoms with Gasteiger partial charge in [-0.15, -0.1) is 11.3 Å². The zero-order valence-electron chi connectivity index (χ0n) is 24.1. The first kappa shape index (κ1) is 33.5. The fourth-order valence-corrected chi connectivity index (χ4v) is 6.19. The summed E-state index contributed by atoms with van der Waals surface area (Å²) < 4.78 is 34.0. The first-order valence-corrected chi connectivity index (χ1v) is 16.0. The molecule has 3 heterocycles. The second-order valence-electron chi connectivity index (χ2n) is 10.3. The minimum Gasteiger partial charge on any atom is -0.478 e. The van der Waals surface area contributed by atoms with Crippen LogP contribution in [-0.4, -0.2) is 103 Å². The molecule has 0 spiro atoms. The molecule has 0 aromatic carbocycles. The molecule has 2 amide bonds. The molecular weight excluding hydrogens is 636 g/mol. The molecular formula is C23H34N12O8S2. The predicted octanol–water partition coefficient (Wildman–Crippen LogP) is -2.05. The smallest absolute Gasteiger partial charge is 0.362 e. The number of guanidine groups is 1. The molecule has 246 valence electrons. The monoisotopic (exact) mass is 670 g/mol. The molecule has 20 nitrogen and oxygen atoms in total. The van der Waals surface area contributed by atoms with E-state index in [0.29, 0.717) is 38.0 Å². The van der Waals surface area contributed by atoms with E-state index >= 15 is 0 Å². The van der Waals surface area contributed by atoms with Gasteiger partial charge in [0.15, 0.2) is 16.8 Å². The molecule has 3 atom stereocenters. The van der Waals surface area contributed by atoms with Gasteiger partial charge in [0.2, 0.25) is 5.60 Å². The number of carbonyl (C=O) groups excluding carboxylic acids is 2. The third-order valence-electron chi connectivity index (χ3n) is 7.15. The van der Waals surface area contributed by atoms with Gasteiger partial charge in [-0.3, -0.25) is 19.1 Å². The normalized spacial score (nSPS) is 20.9.